The zero-order valence-electron chi connectivity index (χ0n) is 12.3. The van der Waals surface area contributed by atoms with Crippen LogP contribution in [0.3, 0.4) is 0 Å². The third-order valence-electron chi connectivity index (χ3n) is 5.48. The highest BCUT2D eigenvalue weighted by molar-refractivity contribution is 5.91. The lowest BCUT2D eigenvalue weighted by Gasteiger charge is -2.22. The molecular weight excluding hydrogens is 254 g/mol. The number of aryl methyl sites for hydroxylation is 1. The Kier molecular flexibility index (Phi) is 2.31. The molecule has 3 fully saturated rings. The number of carbonyl (C=O) groups excluding carboxylic acids is 1. The van der Waals surface area contributed by atoms with Gasteiger partial charge in [0.05, 0.1) is 0 Å². The van der Waals surface area contributed by atoms with Crippen LogP contribution in [0.5, 0.6) is 0 Å². The Hall–Kier alpha value is -1.52. The molecule has 1 aromatic rings. The zero-order valence-corrected chi connectivity index (χ0v) is 12.3. The summed E-state index contributed by atoms with van der Waals surface area (Å²) < 4.78 is 5.36. The van der Waals surface area contributed by atoms with Crippen LogP contribution in [-0.2, 0) is 0 Å². The molecule has 0 radical (unpaired) electrons. The van der Waals surface area contributed by atoms with E-state index in [2.05, 4.69) is 24.3 Å². The third-order valence-corrected chi connectivity index (χ3v) is 5.48. The molecule has 2 amide bonds. The van der Waals surface area contributed by atoms with Gasteiger partial charge in [-0.05, 0) is 37.0 Å². The number of anilines is 1. The van der Waals surface area contributed by atoms with Crippen LogP contribution in [-0.4, -0.2) is 29.2 Å². The Bertz CT molecular complexity index is 560. The van der Waals surface area contributed by atoms with Gasteiger partial charge in [-0.25, -0.2) is 4.79 Å². The Balaban J connectivity index is 1.45. The number of nitrogens with one attached hydrogen (secondary N) is 1. The summed E-state index contributed by atoms with van der Waals surface area (Å²) in [5.41, 5.74) is 2.02. The van der Waals surface area contributed by atoms with Gasteiger partial charge < -0.3 is 14.7 Å². The first-order valence-electron chi connectivity index (χ1n) is 7.50. The summed E-state index contributed by atoms with van der Waals surface area (Å²) in [5.74, 6) is 2.68. The van der Waals surface area contributed by atoms with Crippen molar-refractivity contribution in [3.05, 3.63) is 11.5 Å². The molecule has 1 N–H and O–H groups in total. The minimum Gasteiger partial charge on any atom is -0.359 e. The molecule has 1 aromatic heterocycles. The first-order chi connectivity index (χ1) is 9.48. The van der Waals surface area contributed by atoms with Gasteiger partial charge in [0.1, 0.15) is 11.4 Å². The molecule has 0 bridgehead atoms. The summed E-state index contributed by atoms with van der Waals surface area (Å²) in [5, 5.41) is 7.02. The van der Waals surface area contributed by atoms with E-state index in [9.17, 15) is 4.79 Å². The minimum atomic E-state index is 0.00111. The summed E-state index contributed by atoms with van der Waals surface area (Å²) >= 11 is 0. The molecule has 5 heteroatoms. The highest BCUT2D eigenvalue weighted by Gasteiger charge is 2.62. The summed E-state index contributed by atoms with van der Waals surface area (Å²) in [4.78, 5) is 14.3. The lowest BCUT2D eigenvalue weighted by Crippen LogP contribution is -2.36. The van der Waals surface area contributed by atoms with Gasteiger partial charge in [0.25, 0.3) is 0 Å². The molecule has 108 valence electrons. The quantitative estimate of drug-likeness (QED) is 0.902. The summed E-state index contributed by atoms with van der Waals surface area (Å²) in [6.45, 7) is 8.24. The molecule has 4 rings (SSSR count). The largest absolute Gasteiger partial charge is 0.359 e. The van der Waals surface area contributed by atoms with Crippen molar-refractivity contribution in [2.24, 2.45) is 17.3 Å². The monoisotopic (exact) mass is 275 g/mol. The first kappa shape index (κ1) is 12.2. The summed E-state index contributed by atoms with van der Waals surface area (Å²) in [6.07, 6.45) is 2.28. The molecule has 20 heavy (non-hydrogen) atoms. The molecule has 2 aliphatic carbocycles. The number of hydrogen-bond acceptors (Lipinski definition) is 3. The molecule has 1 saturated heterocycles. The number of rotatable bonds is 2. The van der Waals surface area contributed by atoms with Gasteiger partial charge in [-0.15, -0.1) is 0 Å². The highest BCUT2D eigenvalue weighted by atomic mass is 16.5. The van der Waals surface area contributed by atoms with Gasteiger partial charge in [0.2, 0.25) is 0 Å². The van der Waals surface area contributed by atoms with Crippen LogP contribution in [0.15, 0.2) is 4.52 Å². The highest BCUT2D eigenvalue weighted by Crippen LogP contribution is 2.62. The third kappa shape index (κ3) is 1.68. The van der Waals surface area contributed by atoms with Gasteiger partial charge in [0.15, 0.2) is 5.76 Å². The second-order valence-electron chi connectivity index (χ2n) is 7.15. The Morgan fingerprint density at radius 1 is 1.35 bits per heavy atom. The molecule has 3 aliphatic rings. The average molecular weight is 275 g/mol. The number of urea groups is 1. The number of aromatic nitrogens is 1. The van der Waals surface area contributed by atoms with Crippen molar-refractivity contribution in [3.8, 4) is 0 Å². The fourth-order valence-corrected chi connectivity index (χ4v) is 3.65. The van der Waals surface area contributed by atoms with Crippen LogP contribution < -0.4 is 5.32 Å². The van der Waals surface area contributed by atoms with E-state index in [0.717, 1.165) is 43.1 Å². The summed E-state index contributed by atoms with van der Waals surface area (Å²) in [7, 11) is 0. The van der Waals surface area contributed by atoms with Crippen LogP contribution in [0.1, 0.15) is 44.1 Å². The number of carbonyl (C=O) groups is 1. The van der Waals surface area contributed by atoms with Crippen LogP contribution in [0.4, 0.5) is 10.5 Å². The first-order valence-corrected chi connectivity index (χ1v) is 7.50. The van der Waals surface area contributed by atoms with Crippen molar-refractivity contribution in [2.45, 2.75) is 39.5 Å². The zero-order chi connectivity index (χ0) is 14.1. The van der Waals surface area contributed by atoms with E-state index in [1.54, 1.807) is 0 Å². The predicted octanol–water partition coefficient (Wildman–Crippen LogP) is 2.98. The Labute approximate surface area is 118 Å². The van der Waals surface area contributed by atoms with E-state index in [1.807, 2.05) is 11.8 Å². The number of hydrogen-bond donors (Lipinski definition) is 1. The lowest BCUT2D eigenvalue weighted by molar-refractivity contribution is 0.209. The molecule has 2 atom stereocenters. The van der Waals surface area contributed by atoms with Gasteiger partial charge in [-0.3, -0.25) is 0 Å². The van der Waals surface area contributed by atoms with Gasteiger partial charge in [-0.1, -0.05) is 19.0 Å². The molecule has 2 unspecified atom stereocenters. The van der Waals surface area contributed by atoms with Crippen molar-refractivity contribution in [3.63, 3.8) is 0 Å². The Morgan fingerprint density at radius 2 is 2.00 bits per heavy atom. The van der Waals surface area contributed by atoms with Crippen LogP contribution in [0.2, 0.25) is 0 Å². The SMILES string of the molecule is Cc1noc(C2CC2)c1NC(=O)N1CC2C(C1)C2(C)C. The van der Waals surface area contributed by atoms with Crippen molar-refractivity contribution in [1.82, 2.24) is 10.1 Å². The fraction of sp³-hybridized carbons (Fsp3) is 0.733. The lowest BCUT2D eigenvalue weighted by atomic mass is 10.1. The maximum atomic E-state index is 12.4. The van der Waals surface area contributed by atoms with Crippen molar-refractivity contribution in [1.29, 1.82) is 0 Å². The topological polar surface area (TPSA) is 58.4 Å². The van der Waals surface area contributed by atoms with E-state index in [-0.39, 0.29) is 6.03 Å². The van der Waals surface area contributed by atoms with E-state index in [4.69, 9.17) is 4.52 Å². The van der Waals surface area contributed by atoms with Crippen LogP contribution in [0.25, 0.3) is 0 Å². The number of nitrogens with zero attached hydrogens (tertiary/aromatic N) is 2. The predicted molar refractivity (Wildman–Crippen MR) is 74.6 cm³/mol. The molecule has 5 nitrogen and oxygen atoms in total. The van der Waals surface area contributed by atoms with Crippen LogP contribution in [0, 0.1) is 24.2 Å². The maximum absolute atomic E-state index is 12.4. The molecular formula is C15H21N3O2. The second kappa shape index (κ2) is 3.77. The van der Waals surface area contributed by atoms with E-state index in [1.165, 1.54) is 0 Å². The van der Waals surface area contributed by atoms with Crippen LogP contribution >= 0.6 is 0 Å². The average Bonchev–Trinajstić information content (AvgIpc) is 3.18. The standard InChI is InChI=1S/C15H21N3O2/c1-8-12(13(20-17-8)9-4-5-9)16-14(19)18-6-10-11(7-18)15(10,2)3/h9-11H,4-7H2,1-3H3,(H,16,19). The molecule has 0 aromatic carbocycles. The van der Waals surface area contributed by atoms with Gasteiger partial charge >= 0.3 is 6.03 Å². The number of piperidine rings is 1. The van der Waals surface area contributed by atoms with E-state index < -0.39 is 0 Å². The number of amides is 2. The smallest absolute Gasteiger partial charge is 0.322 e. The maximum Gasteiger partial charge on any atom is 0.322 e. The Morgan fingerprint density at radius 3 is 2.60 bits per heavy atom. The van der Waals surface area contributed by atoms with Gasteiger partial charge in [-0.2, -0.15) is 0 Å². The molecule has 1 aliphatic heterocycles. The van der Waals surface area contributed by atoms with Gasteiger partial charge in [0, 0.05) is 19.0 Å². The fourth-order valence-electron chi connectivity index (χ4n) is 3.65. The summed E-state index contributed by atoms with van der Waals surface area (Å²) in [6, 6.07) is 0.00111. The van der Waals surface area contributed by atoms with Crippen molar-refractivity contribution < 1.29 is 9.32 Å². The minimum absolute atomic E-state index is 0.00111. The number of likely N-dealkylation sites (tertiary alicyclic amines) is 1. The second-order valence-corrected chi connectivity index (χ2v) is 7.15. The normalized spacial score (nSPS) is 30.2. The van der Waals surface area contributed by atoms with E-state index in [0.29, 0.717) is 23.2 Å². The number of fused-ring (bicyclic) bond motifs is 1. The van der Waals surface area contributed by atoms with Crippen molar-refractivity contribution in [2.75, 3.05) is 18.4 Å². The van der Waals surface area contributed by atoms with E-state index >= 15 is 0 Å². The van der Waals surface area contributed by atoms with Crippen molar-refractivity contribution >= 4 is 11.7 Å². The molecule has 2 saturated carbocycles. The molecule has 2 heterocycles. The molecule has 0 spiro atoms.